The fourth-order valence-corrected chi connectivity index (χ4v) is 2.87. The average molecular weight is 447 g/mol. The van der Waals surface area contributed by atoms with Crippen molar-refractivity contribution in [2.45, 2.75) is 116 Å². The third-order valence-electron chi connectivity index (χ3n) is 4.79. The van der Waals surface area contributed by atoms with Gasteiger partial charge in [-0.05, 0) is 20.3 Å². The molecular formula is C23H42O8. The van der Waals surface area contributed by atoms with E-state index in [9.17, 15) is 19.5 Å². The summed E-state index contributed by atoms with van der Waals surface area (Å²) in [5.74, 6) is -2.22. The molecule has 3 atom stereocenters. The fourth-order valence-electron chi connectivity index (χ4n) is 2.87. The fraction of sp³-hybridized carbons (Fsp3) is 0.870. The highest BCUT2D eigenvalue weighted by atomic mass is 16.6. The summed E-state index contributed by atoms with van der Waals surface area (Å²) in [4.78, 5) is 34.8. The van der Waals surface area contributed by atoms with Gasteiger partial charge in [-0.3, -0.25) is 4.79 Å². The van der Waals surface area contributed by atoms with Crippen molar-refractivity contribution in [3.05, 3.63) is 0 Å². The normalized spacial score (nSPS) is 13.8. The molecule has 31 heavy (non-hydrogen) atoms. The van der Waals surface area contributed by atoms with Crippen LogP contribution in [-0.2, 0) is 28.6 Å². The van der Waals surface area contributed by atoms with Gasteiger partial charge in [0.05, 0.1) is 0 Å². The Balaban J connectivity index is 3.97. The molecule has 0 radical (unpaired) electrons. The van der Waals surface area contributed by atoms with Gasteiger partial charge in [-0.1, -0.05) is 71.1 Å². The predicted molar refractivity (Wildman–Crippen MR) is 116 cm³/mol. The Morgan fingerprint density at radius 3 is 1.61 bits per heavy atom. The molecule has 0 fully saturated rings. The van der Waals surface area contributed by atoms with Gasteiger partial charge in [-0.25, -0.2) is 9.59 Å². The van der Waals surface area contributed by atoms with E-state index in [4.69, 9.17) is 19.3 Å². The second-order valence-corrected chi connectivity index (χ2v) is 8.01. The first-order valence-corrected chi connectivity index (χ1v) is 11.7. The van der Waals surface area contributed by atoms with Crippen LogP contribution >= 0.6 is 0 Å². The van der Waals surface area contributed by atoms with Gasteiger partial charge in [-0.2, -0.15) is 0 Å². The molecule has 3 unspecified atom stereocenters. The molecule has 0 aliphatic rings. The summed E-state index contributed by atoms with van der Waals surface area (Å²) in [6.45, 7) is 4.03. The van der Waals surface area contributed by atoms with Crippen molar-refractivity contribution in [3.8, 4) is 0 Å². The molecule has 0 aromatic rings. The van der Waals surface area contributed by atoms with Crippen LogP contribution < -0.4 is 0 Å². The van der Waals surface area contributed by atoms with Gasteiger partial charge in [0.25, 0.3) is 0 Å². The van der Waals surface area contributed by atoms with Crippen LogP contribution in [0.4, 0.5) is 0 Å². The Morgan fingerprint density at radius 2 is 1.13 bits per heavy atom. The highest BCUT2D eigenvalue weighted by Gasteiger charge is 2.22. The van der Waals surface area contributed by atoms with E-state index in [1.165, 1.54) is 65.2 Å². The zero-order chi connectivity index (χ0) is 23.5. The minimum Gasteiger partial charge on any atom is -0.462 e. The molecule has 0 aliphatic heterocycles. The van der Waals surface area contributed by atoms with E-state index in [0.29, 0.717) is 0 Å². The van der Waals surface area contributed by atoms with Gasteiger partial charge in [0, 0.05) is 6.42 Å². The summed E-state index contributed by atoms with van der Waals surface area (Å²) < 4.78 is 14.9. The van der Waals surface area contributed by atoms with Crippen molar-refractivity contribution in [2.75, 3.05) is 13.2 Å². The summed E-state index contributed by atoms with van der Waals surface area (Å²) >= 11 is 0. The first-order chi connectivity index (χ1) is 14.8. The van der Waals surface area contributed by atoms with Crippen LogP contribution in [0.5, 0.6) is 0 Å². The number of carbonyl (C=O) groups is 3. The molecule has 0 aromatic heterocycles. The molecule has 0 saturated carbocycles. The number of carbonyl (C=O) groups excluding carboxylic acids is 3. The number of hydrogen-bond donors (Lipinski definition) is 2. The van der Waals surface area contributed by atoms with E-state index in [2.05, 4.69) is 6.92 Å². The maximum Gasteiger partial charge on any atom is 0.335 e. The van der Waals surface area contributed by atoms with Gasteiger partial charge >= 0.3 is 17.9 Å². The highest BCUT2D eigenvalue weighted by Crippen LogP contribution is 2.12. The van der Waals surface area contributed by atoms with Crippen molar-refractivity contribution in [1.82, 2.24) is 0 Å². The first kappa shape index (κ1) is 29.3. The Labute approximate surface area is 186 Å². The molecule has 0 amide bonds. The first-order valence-electron chi connectivity index (χ1n) is 11.7. The molecule has 8 heteroatoms. The van der Waals surface area contributed by atoms with E-state index >= 15 is 0 Å². The van der Waals surface area contributed by atoms with Gasteiger partial charge in [-0.15, -0.1) is 0 Å². The van der Waals surface area contributed by atoms with Gasteiger partial charge in [0.15, 0.2) is 6.10 Å². The third-order valence-corrected chi connectivity index (χ3v) is 4.79. The Morgan fingerprint density at radius 1 is 0.677 bits per heavy atom. The van der Waals surface area contributed by atoms with Crippen LogP contribution in [0, 0.1) is 0 Å². The van der Waals surface area contributed by atoms with E-state index in [0.717, 1.165) is 19.3 Å². The SMILES string of the molecule is CCCCCCCCCCCCCC(=O)OCC(COC(=O)C(C)O)OC(=O)C(C)O. The van der Waals surface area contributed by atoms with Crippen molar-refractivity contribution in [2.24, 2.45) is 0 Å². The molecular weight excluding hydrogens is 404 g/mol. The van der Waals surface area contributed by atoms with Crippen LogP contribution in [0.3, 0.4) is 0 Å². The second kappa shape index (κ2) is 19.0. The Bertz CT molecular complexity index is 490. The topological polar surface area (TPSA) is 119 Å². The van der Waals surface area contributed by atoms with Crippen LogP contribution in [-0.4, -0.2) is 59.6 Å². The minimum absolute atomic E-state index is 0.265. The number of aliphatic hydroxyl groups is 2. The number of unbranched alkanes of at least 4 members (excludes halogenated alkanes) is 10. The van der Waals surface area contributed by atoms with Crippen molar-refractivity contribution in [1.29, 1.82) is 0 Å². The average Bonchev–Trinajstić information content (AvgIpc) is 2.73. The molecule has 0 spiro atoms. The third kappa shape index (κ3) is 17.7. The van der Waals surface area contributed by atoms with E-state index < -0.39 is 36.2 Å². The van der Waals surface area contributed by atoms with Crippen molar-refractivity contribution in [3.63, 3.8) is 0 Å². The summed E-state index contributed by atoms with van der Waals surface area (Å²) in [5.41, 5.74) is 0. The van der Waals surface area contributed by atoms with Gasteiger partial charge < -0.3 is 24.4 Å². The lowest BCUT2D eigenvalue weighted by Crippen LogP contribution is -2.35. The zero-order valence-corrected chi connectivity index (χ0v) is 19.5. The standard InChI is InChI=1S/C23H42O8/c1-4-5-6-7-8-9-10-11-12-13-14-15-21(26)29-16-20(31-23(28)19(3)25)17-30-22(27)18(2)24/h18-20,24-25H,4-17H2,1-3H3. The molecule has 8 nitrogen and oxygen atoms in total. The monoisotopic (exact) mass is 446 g/mol. The molecule has 0 heterocycles. The Kier molecular flexibility index (Phi) is 18.0. The van der Waals surface area contributed by atoms with Gasteiger partial charge in [0.2, 0.25) is 0 Å². The Hall–Kier alpha value is -1.67. The maximum atomic E-state index is 11.9. The lowest BCUT2D eigenvalue weighted by Gasteiger charge is -2.19. The number of aliphatic hydroxyl groups excluding tert-OH is 2. The predicted octanol–water partition coefficient (Wildman–Crippen LogP) is 3.45. The zero-order valence-electron chi connectivity index (χ0n) is 19.5. The quantitative estimate of drug-likeness (QED) is 0.176. The minimum atomic E-state index is -1.36. The highest BCUT2D eigenvalue weighted by molar-refractivity contribution is 5.75. The summed E-state index contributed by atoms with van der Waals surface area (Å²) in [6, 6.07) is 0. The smallest absolute Gasteiger partial charge is 0.335 e. The summed E-state index contributed by atoms with van der Waals surface area (Å²) in [6.07, 6.45) is 9.55. The lowest BCUT2D eigenvalue weighted by atomic mass is 10.1. The molecule has 2 N–H and O–H groups in total. The summed E-state index contributed by atoms with van der Waals surface area (Å²) in [5, 5.41) is 18.4. The number of ether oxygens (including phenoxy) is 3. The van der Waals surface area contributed by atoms with Crippen LogP contribution in [0.2, 0.25) is 0 Å². The molecule has 0 saturated heterocycles. The molecule has 182 valence electrons. The number of esters is 3. The molecule has 0 aliphatic carbocycles. The molecule has 0 rings (SSSR count). The second-order valence-electron chi connectivity index (χ2n) is 8.01. The van der Waals surface area contributed by atoms with Crippen LogP contribution in [0.15, 0.2) is 0 Å². The largest absolute Gasteiger partial charge is 0.462 e. The maximum absolute atomic E-state index is 11.9. The summed E-state index contributed by atoms with van der Waals surface area (Å²) in [7, 11) is 0. The number of rotatable bonds is 19. The number of hydrogen-bond acceptors (Lipinski definition) is 8. The molecule has 0 bridgehead atoms. The van der Waals surface area contributed by atoms with Crippen LogP contribution in [0.25, 0.3) is 0 Å². The van der Waals surface area contributed by atoms with E-state index in [1.807, 2.05) is 0 Å². The molecule has 0 aromatic carbocycles. The van der Waals surface area contributed by atoms with Gasteiger partial charge in [0.1, 0.15) is 25.4 Å². The van der Waals surface area contributed by atoms with Crippen molar-refractivity contribution >= 4 is 17.9 Å². The van der Waals surface area contributed by atoms with E-state index in [1.54, 1.807) is 0 Å². The van der Waals surface area contributed by atoms with Crippen LogP contribution in [0.1, 0.15) is 97.8 Å². The van der Waals surface area contributed by atoms with E-state index in [-0.39, 0.29) is 19.6 Å². The van der Waals surface area contributed by atoms with Crippen molar-refractivity contribution < 1.29 is 38.8 Å². The lowest BCUT2D eigenvalue weighted by molar-refractivity contribution is -0.174.